The van der Waals surface area contributed by atoms with Crippen LogP contribution in [0.4, 0.5) is 15.9 Å². The number of amides is 2. The van der Waals surface area contributed by atoms with Crippen LogP contribution in [-0.4, -0.2) is 36.2 Å². The van der Waals surface area contributed by atoms with Crippen LogP contribution in [0.3, 0.4) is 0 Å². The maximum absolute atomic E-state index is 14.3. The molecule has 3 heterocycles. The van der Waals surface area contributed by atoms with Crippen LogP contribution in [0.5, 0.6) is 11.6 Å². The van der Waals surface area contributed by atoms with Gasteiger partial charge in [-0.25, -0.2) is 13.9 Å². The Morgan fingerprint density at radius 3 is 2.67 bits per heavy atom. The first-order valence-electron chi connectivity index (χ1n) is 10.3. The molecule has 0 unspecified atom stereocenters. The minimum atomic E-state index is -0.614. The Morgan fingerprint density at radius 2 is 1.94 bits per heavy atom. The summed E-state index contributed by atoms with van der Waals surface area (Å²) in [5.74, 6) is -0.213. The average Bonchev–Trinajstić information content (AvgIpc) is 3.48. The molecule has 2 amide bonds. The fraction of sp³-hybridized carbons (Fsp3) is 0.227. The van der Waals surface area contributed by atoms with Crippen LogP contribution in [0.15, 0.2) is 42.6 Å². The smallest absolute Gasteiger partial charge is 0.276 e. The number of nitrogens with zero attached hydrogens (tertiary/aromatic N) is 5. The highest BCUT2D eigenvalue weighted by atomic mass is 19.1. The normalized spacial score (nSPS) is 13.2. The summed E-state index contributed by atoms with van der Waals surface area (Å²) in [6.45, 7) is 1.81. The van der Waals surface area contributed by atoms with Crippen LogP contribution >= 0.6 is 0 Å². The molecule has 11 heteroatoms. The number of aryl methyl sites for hydroxylation is 2. The number of ether oxygens (including phenoxy) is 1. The summed E-state index contributed by atoms with van der Waals surface area (Å²) in [5.41, 5.74) is 1.47. The van der Waals surface area contributed by atoms with Gasteiger partial charge in [-0.3, -0.25) is 14.3 Å². The maximum Gasteiger partial charge on any atom is 0.276 e. The number of nitrogens with one attached hydrogen (secondary N) is 2. The Bertz CT molecular complexity index is 1370. The fourth-order valence-electron chi connectivity index (χ4n) is 3.20. The zero-order chi connectivity index (χ0) is 23.1. The molecule has 0 radical (unpaired) electrons. The summed E-state index contributed by atoms with van der Waals surface area (Å²) >= 11 is 0. The summed E-state index contributed by atoms with van der Waals surface area (Å²) in [7, 11) is 1.72. The minimum absolute atomic E-state index is 0.0448. The predicted molar refractivity (Wildman–Crippen MR) is 117 cm³/mol. The third kappa shape index (κ3) is 4.38. The van der Waals surface area contributed by atoms with Gasteiger partial charge in [-0.15, -0.1) is 5.10 Å². The molecule has 10 nitrogen and oxygen atoms in total. The molecule has 0 spiro atoms. The first-order valence-corrected chi connectivity index (χ1v) is 10.3. The molecule has 0 atom stereocenters. The van der Waals surface area contributed by atoms with Gasteiger partial charge in [0.2, 0.25) is 11.8 Å². The van der Waals surface area contributed by atoms with Crippen molar-refractivity contribution in [3.63, 3.8) is 0 Å². The Balaban J connectivity index is 1.32. The van der Waals surface area contributed by atoms with E-state index in [0.717, 1.165) is 18.5 Å². The molecule has 3 aromatic heterocycles. The van der Waals surface area contributed by atoms with Gasteiger partial charge in [-0.1, -0.05) is 0 Å². The number of hydrogen-bond acceptors (Lipinski definition) is 6. The van der Waals surface area contributed by atoms with E-state index in [1.807, 2.05) is 6.92 Å². The molecule has 33 heavy (non-hydrogen) atoms. The molecule has 4 aromatic rings. The van der Waals surface area contributed by atoms with Crippen molar-refractivity contribution in [1.29, 1.82) is 0 Å². The lowest BCUT2D eigenvalue weighted by Crippen LogP contribution is -2.14. The van der Waals surface area contributed by atoms with Crippen molar-refractivity contribution >= 4 is 29.0 Å². The molecule has 0 bridgehead atoms. The lowest BCUT2D eigenvalue weighted by Gasteiger charge is -2.09. The van der Waals surface area contributed by atoms with E-state index >= 15 is 0 Å². The summed E-state index contributed by atoms with van der Waals surface area (Å²) in [6.07, 6.45) is 3.39. The van der Waals surface area contributed by atoms with Crippen molar-refractivity contribution in [2.75, 3.05) is 10.6 Å². The number of hydrogen-bond donors (Lipinski definition) is 2. The third-order valence-corrected chi connectivity index (χ3v) is 5.25. The number of carbonyl (C=O) groups is 2. The van der Waals surface area contributed by atoms with Gasteiger partial charge in [-0.05, 0) is 44.0 Å². The van der Waals surface area contributed by atoms with Gasteiger partial charge >= 0.3 is 0 Å². The number of aromatic nitrogens is 5. The van der Waals surface area contributed by atoms with Crippen LogP contribution < -0.4 is 15.4 Å². The van der Waals surface area contributed by atoms with Gasteiger partial charge in [0.15, 0.2) is 17.2 Å². The van der Waals surface area contributed by atoms with E-state index < -0.39 is 11.7 Å². The monoisotopic (exact) mass is 449 g/mol. The molecule has 1 aromatic carbocycles. The topological polar surface area (TPSA) is 115 Å². The maximum atomic E-state index is 14.3. The van der Waals surface area contributed by atoms with Crippen molar-refractivity contribution < 1.29 is 18.7 Å². The van der Waals surface area contributed by atoms with Crippen LogP contribution in [0.2, 0.25) is 0 Å². The number of benzene rings is 1. The van der Waals surface area contributed by atoms with E-state index in [9.17, 15) is 14.0 Å². The van der Waals surface area contributed by atoms with Crippen molar-refractivity contribution in [3.05, 3.63) is 59.8 Å². The summed E-state index contributed by atoms with van der Waals surface area (Å²) in [6, 6.07) is 8.88. The standard InChI is InChI=1S/C22H20FN7O3/c1-12-9-17(27-29(12)2)22(32)24-16-10-14(5-6-15(16)23)33-20-8-7-19-25-18(11-30(19)28-20)26-21(31)13-3-4-13/h5-11,13H,3-4H2,1-2H3,(H,24,32)(H,26,31). The van der Waals surface area contributed by atoms with Crippen molar-refractivity contribution in [1.82, 2.24) is 24.4 Å². The zero-order valence-electron chi connectivity index (χ0n) is 17.9. The van der Waals surface area contributed by atoms with Crippen LogP contribution in [0.25, 0.3) is 5.65 Å². The minimum Gasteiger partial charge on any atom is -0.438 e. The quantitative estimate of drug-likeness (QED) is 0.467. The van der Waals surface area contributed by atoms with Crippen LogP contribution in [0, 0.1) is 18.7 Å². The van der Waals surface area contributed by atoms with Crippen LogP contribution in [-0.2, 0) is 11.8 Å². The number of carbonyl (C=O) groups excluding carboxylic acids is 2. The second-order valence-electron chi connectivity index (χ2n) is 7.86. The predicted octanol–water partition coefficient (Wildman–Crippen LogP) is 3.30. The Morgan fingerprint density at radius 1 is 1.12 bits per heavy atom. The van der Waals surface area contributed by atoms with E-state index in [-0.39, 0.29) is 34.8 Å². The molecular formula is C22H20FN7O3. The Kier molecular flexibility index (Phi) is 5.00. The first-order chi connectivity index (χ1) is 15.9. The Hall–Kier alpha value is -4.28. The van der Waals surface area contributed by atoms with E-state index in [2.05, 4.69) is 25.8 Å². The number of fused-ring (bicyclic) bond motifs is 1. The van der Waals surface area contributed by atoms with Crippen molar-refractivity contribution in [3.8, 4) is 11.6 Å². The largest absolute Gasteiger partial charge is 0.438 e. The molecular weight excluding hydrogens is 429 g/mol. The van der Waals surface area contributed by atoms with Gasteiger partial charge in [0.05, 0.1) is 11.9 Å². The van der Waals surface area contributed by atoms with E-state index in [1.165, 1.54) is 22.7 Å². The second kappa shape index (κ2) is 8.01. The van der Waals surface area contributed by atoms with Gasteiger partial charge in [0, 0.05) is 30.8 Å². The lowest BCUT2D eigenvalue weighted by atomic mass is 10.2. The van der Waals surface area contributed by atoms with Gasteiger partial charge in [0.25, 0.3) is 5.91 Å². The Labute approximate surface area is 187 Å². The van der Waals surface area contributed by atoms with E-state index in [0.29, 0.717) is 11.5 Å². The van der Waals surface area contributed by atoms with Crippen LogP contribution in [0.1, 0.15) is 29.0 Å². The summed E-state index contributed by atoms with van der Waals surface area (Å²) < 4.78 is 23.1. The third-order valence-electron chi connectivity index (χ3n) is 5.25. The highest BCUT2D eigenvalue weighted by Crippen LogP contribution is 2.30. The van der Waals surface area contributed by atoms with E-state index in [1.54, 1.807) is 36.1 Å². The molecule has 0 saturated heterocycles. The zero-order valence-corrected chi connectivity index (χ0v) is 17.9. The molecule has 1 saturated carbocycles. The fourth-order valence-corrected chi connectivity index (χ4v) is 3.20. The summed E-state index contributed by atoms with van der Waals surface area (Å²) in [5, 5.41) is 13.7. The summed E-state index contributed by atoms with van der Waals surface area (Å²) in [4.78, 5) is 28.7. The molecule has 2 N–H and O–H groups in total. The van der Waals surface area contributed by atoms with Crippen molar-refractivity contribution in [2.45, 2.75) is 19.8 Å². The molecule has 168 valence electrons. The number of imidazole rings is 1. The van der Waals surface area contributed by atoms with Gasteiger partial charge in [0.1, 0.15) is 11.6 Å². The highest BCUT2D eigenvalue weighted by Gasteiger charge is 2.30. The SMILES string of the molecule is Cc1cc(C(=O)Nc2cc(Oc3ccc4nc(NC(=O)C5CC5)cn4n3)ccc2F)nn1C. The molecule has 0 aliphatic heterocycles. The molecule has 1 fully saturated rings. The van der Waals surface area contributed by atoms with E-state index in [4.69, 9.17) is 4.74 Å². The number of rotatable bonds is 6. The molecule has 1 aliphatic rings. The van der Waals surface area contributed by atoms with Crippen molar-refractivity contribution in [2.24, 2.45) is 13.0 Å². The first kappa shape index (κ1) is 20.6. The highest BCUT2D eigenvalue weighted by molar-refractivity contribution is 6.03. The van der Waals surface area contributed by atoms with Gasteiger partial charge < -0.3 is 15.4 Å². The molecule has 5 rings (SSSR count). The van der Waals surface area contributed by atoms with Gasteiger partial charge in [-0.2, -0.15) is 5.10 Å². The molecule has 1 aliphatic carbocycles. The number of halogens is 1. The lowest BCUT2D eigenvalue weighted by molar-refractivity contribution is -0.117. The number of anilines is 2. The second-order valence-corrected chi connectivity index (χ2v) is 7.86. The average molecular weight is 449 g/mol.